The normalized spacial score (nSPS) is 10.9. The molecule has 0 amide bonds. The number of hydrogen-bond acceptors (Lipinski definition) is 2. The third-order valence-corrected chi connectivity index (χ3v) is 4.86. The Labute approximate surface area is 131 Å². The van der Waals surface area contributed by atoms with Crippen molar-refractivity contribution in [3.8, 4) is 0 Å². The number of pyridine rings is 1. The molecule has 0 radical (unpaired) electrons. The zero-order valence-corrected chi connectivity index (χ0v) is 12.8. The predicted molar refractivity (Wildman–Crippen MR) is 87.8 cm³/mol. The molecule has 0 aliphatic carbocycles. The highest BCUT2D eigenvalue weighted by Crippen LogP contribution is 2.34. The number of benzene rings is 2. The van der Waals surface area contributed by atoms with Crippen LogP contribution in [-0.4, -0.2) is 4.98 Å². The van der Waals surface area contributed by atoms with Crippen LogP contribution in [0.2, 0.25) is 10.0 Å². The summed E-state index contributed by atoms with van der Waals surface area (Å²) in [6.07, 6.45) is 1.69. The van der Waals surface area contributed by atoms with E-state index in [9.17, 15) is 0 Å². The molecule has 0 bridgehead atoms. The van der Waals surface area contributed by atoms with Crippen molar-refractivity contribution < 1.29 is 0 Å². The van der Waals surface area contributed by atoms with Crippen LogP contribution in [0.15, 0.2) is 59.6 Å². The van der Waals surface area contributed by atoms with E-state index in [0.717, 1.165) is 21.6 Å². The molecule has 0 unspecified atom stereocenters. The second-order valence-corrected chi connectivity index (χ2v) is 6.20. The number of fused-ring (bicyclic) bond motifs is 1. The summed E-state index contributed by atoms with van der Waals surface area (Å²) < 4.78 is 0. The standard InChI is InChI=1S/C16H11Cl2NS/c17-13-6-7-19-15-9-14(18)16(8-12(13)15)20-10-11-4-2-1-3-5-11/h1-9H,10H2. The van der Waals surface area contributed by atoms with Crippen molar-refractivity contribution >= 4 is 45.9 Å². The van der Waals surface area contributed by atoms with E-state index < -0.39 is 0 Å². The Kier molecular flexibility index (Phi) is 4.16. The van der Waals surface area contributed by atoms with Crippen LogP contribution >= 0.6 is 35.0 Å². The molecule has 0 saturated heterocycles. The van der Waals surface area contributed by atoms with Crippen LogP contribution < -0.4 is 0 Å². The average molecular weight is 320 g/mol. The van der Waals surface area contributed by atoms with Crippen LogP contribution in [-0.2, 0) is 5.75 Å². The topological polar surface area (TPSA) is 12.9 Å². The van der Waals surface area contributed by atoms with Crippen LogP contribution in [0, 0.1) is 0 Å². The SMILES string of the molecule is Clc1cc2nccc(Cl)c2cc1SCc1ccccc1. The van der Waals surface area contributed by atoms with Gasteiger partial charge in [-0.3, -0.25) is 4.98 Å². The fourth-order valence-electron chi connectivity index (χ4n) is 1.96. The van der Waals surface area contributed by atoms with Gasteiger partial charge in [0.05, 0.1) is 15.6 Å². The van der Waals surface area contributed by atoms with E-state index in [0.29, 0.717) is 10.0 Å². The summed E-state index contributed by atoms with van der Waals surface area (Å²) in [5, 5.41) is 2.36. The van der Waals surface area contributed by atoms with Gasteiger partial charge in [-0.25, -0.2) is 0 Å². The van der Waals surface area contributed by atoms with E-state index in [1.807, 2.05) is 30.3 Å². The Morgan fingerprint density at radius 3 is 2.55 bits per heavy atom. The van der Waals surface area contributed by atoms with Gasteiger partial charge in [0.25, 0.3) is 0 Å². The summed E-state index contributed by atoms with van der Waals surface area (Å²) in [5.74, 6) is 0.879. The molecule has 100 valence electrons. The molecule has 0 fully saturated rings. The number of aromatic nitrogens is 1. The van der Waals surface area contributed by atoms with Gasteiger partial charge in [0, 0.05) is 22.2 Å². The fraction of sp³-hybridized carbons (Fsp3) is 0.0625. The Morgan fingerprint density at radius 1 is 0.950 bits per heavy atom. The van der Waals surface area contributed by atoms with Gasteiger partial charge < -0.3 is 0 Å². The van der Waals surface area contributed by atoms with E-state index in [2.05, 4.69) is 17.1 Å². The smallest absolute Gasteiger partial charge is 0.0732 e. The highest BCUT2D eigenvalue weighted by molar-refractivity contribution is 7.98. The summed E-state index contributed by atoms with van der Waals surface area (Å²) >= 11 is 14.2. The molecule has 1 heterocycles. The predicted octanol–water partition coefficient (Wildman–Crippen LogP) is 5.83. The molecule has 0 aliphatic rings. The maximum atomic E-state index is 6.32. The minimum absolute atomic E-state index is 0.702. The molecule has 0 saturated carbocycles. The van der Waals surface area contributed by atoms with Crippen molar-refractivity contribution in [1.29, 1.82) is 0 Å². The number of hydrogen-bond donors (Lipinski definition) is 0. The van der Waals surface area contributed by atoms with E-state index in [1.165, 1.54) is 5.56 Å². The first-order chi connectivity index (χ1) is 9.74. The first-order valence-corrected chi connectivity index (χ1v) is 7.89. The van der Waals surface area contributed by atoms with Crippen molar-refractivity contribution in [1.82, 2.24) is 4.98 Å². The van der Waals surface area contributed by atoms with Gasteiger partial charge in [-0.15, -0.1) is 11.8 Å². The van der Waals surface area contributed by atoms with E-state index in [-0.39, 0.29) is 0 Å². The second-order valence-electron chi connectivity index (χ2n) is 4.37. The lowest BCUT2D eigenvalue weighted by atomic mass is 10.2. The molecule has 0 spiro atoms. The molecule has 1 aromatic heterocycles. The maximum Gasteiger partial charge on any atom is 0.0732 e. The molecule has 2 aromatic carbocycles. The highest BCUT2D eigenvalue weighted by atomic mass is 35.5. The van der Waals surface area contributed by atoms with Gasteiger partial charge in [0.15, 0.2) is 0 Å². The van der Waals surface area contributed by atoms with Crippen molar-refractivity contribution in [3.05, 3.63) is 70.3 Å². The van der Waals surface area contributed by atoms with E-state index >= 15 is 0 Å². The van der Waals surface area contributed by atoms with Crippen LogP contribution in [0.5, 0.6) is 0 Å². The number of halogens is 2. The minimum Gasteiger partial charge on any atom is -0.256 e. The van der Waals surface area contributed by atoms with Gasteiger partial charge >= 0.3 is 0 Å². The van der Waals surface area contributed by atoms with Crippen molar-refractivity contribution in [3.63, 3.8) is 0 Å². The molecule has 20 heavy (non-hydrogen) atoms. The largest absolute Gasteiger partial charge is 0.256 e. The molecule has 0 N–H and O–H groups in total. The van der Waals surface area contributed by atoms with Crippen LogP contribution in [0.1, 0.15) is 5.56 Å². The van der Waals surface area contributed by atoms with Crippen LogP contribution in [0.3, 0.4) is 0 Å². The van der Waals surface area contributed by atoms with Crippen LogP contribution in [0.4, 0.5) is 0 Å². The molecular formula is C16H11Cl2NS. The van der Waals surface area contributed by atoms with Gasteiger partial charge in [0.1, 0.15) is 0 Å². The first-order valence-electron chi connectivity index (χ1n) is 6.14. The van der Waals surface area contributed by atoms with Gasteiger partial charge in [-0.05, 0) is 23.8 Å². The average Bonchev–Trinajstić information content (AvgIpc) is 2.47. The molecule has 0 atom stereocenters. The zero-order valence-electron chi connectivity index (χ0n) is 10.5. The first kappa shape index (κ1) is 13.7. The number of nitrogens with zero attached hydrogens (tertiary/aromatic N) is 1. The summed E-state index contributed by atoms with van der Waals surface area (Å²) in [6, 6.07) is 16.0. The molecule has 3 rings (SSSR count). The van der Waals surface area contributed by atoms with Crippen molar-refractivity contribution in [2.75, 3.05) is 0 Å². The monoisotopic (exact) mass is 319 g/mol. The molecular weight excluding hydrogens is 309 g/mol. The van der Waals surface area contributed by atoms with Crippen LogP contribution in [0.25, 0.3) is 10.9 Å². The quantitative estimate of drug-likeness (QED) is 0.563. The third-order valence-electron chi connectivity index (χ3n) is 2.98. The second kappa shape index (κ2) is 6.04. The number of thioether (sulfide) groups is 1. The summed E-state index contributed by atoms with van der Waals surface area (Å²) in [6.45, 7) is 0. The molecule has 3 aromatic rings. The Morgan fingerprint density at radius 2 is 1.75 bits per heavy atom. The molecule has 1 nitrogen and oxygen atoms in total. The Hall–Kier alpha value is -1.22. The summed E-state index contributed by atoms with van der Waals surface area (Å²) in [5.41, 5.74) is 2.09. The van der Waals surface area contributed by atoms with E-state index in [1.54, 1.807) is 24.0 Å². The Balaban J connectivity index is 1.91. The van der Waals surface area contributed by atoms with Crippen molar-refractivity contribution in [2.45, 2.75) is 10.6 Å². The summed E-state index contributed by atoms with van der Waals surface area (Å²) in [7, 11) is 0. The maximum absolute atomic E-state index is 6.32. The third kappa shape index (κ3) is 2.93. The zero-order chi connectivity index (χ0) is 13.9. The molecule has 0 aliphatic heterocycles. The fourth-order valence-corrected chi connectivity index (χ4v) is 3.40. The number of rotatable bonds is 3. The molecule has 4 heteroatoms. The lowest BCUT2D eigenvalue weighted by Gasteiger charge is -2.07. The van der Waals surface area contributed by atoms with Gasteiger partial charge in [-0.2, -0.15) is 0 Å². The van der Waals surface area contributed by atoms with E-state index in [4.69, 9.17) is 23.2 Å². The van der Waals surface area contributed by atoms with Gasteiger partial charge in [-0.1, -0.05) is 53.5 Å². The lowest BCUT2D eigenvalue weighted by molar-refractivity contribution is 1.37. The summed E-state index contributed by atoms with van der Waals surface area (Å²) in [4.78, 5) is 5.31. The minimum atomic E-state index is 0.702. The Bertz CT molecular complexity index is 744. The van der Waals surface area contributed by atoms with Crippen molar-refractivity contribution in [2.24, 2.45) is 0 Å². The highest BCUT2D eigenvalue weighted by Gasteiger charge is 2.07. The van der Waals surface area contributed by atoms with Gasteiger partial charge in [0.2, 0.25) is 0 Å². The lowest BCUT2D eigenvalue weighted by Crippen LogP contribution is -1.84.